The van der Waals surface area contributed by atoms with E-state index >= 15 is 0 Å². The lowest BCUT2D eigenvalue weighted by Gasteiger charge is -2.37. The molecule has 0 bridgehead atoms. The van der Waals surface area contributed by atoms with Crippen LogP contribution in [-0.4, -0.2) is 74.6 Å². The zero-order valence-corrected chi connectivity index (χ0v) is 13.9. The topological polar surface area (TPSA) is 47.6 Å². The molecule has 0 aromatic carbocycles. The molecule has 122 valence electrons. The molecule has 5 heteroatoms. The Kier molecular flexibility index (Phi) is 6.45. The SMILES string of the molecule is CNC(=O)CN1CCC(NC(C)C2CCN(C)CC2)CC1. The molecule has 1 atom stereocenters. The number of amides is 1. The van der Waals surface area contributed by atoms with E-state index in [-0.39, 0.29) is 5.91 Å². The highest BCUT2D eigenvalue weighted by Gasteiger charge is 2.26. The summed E-state index contributed by atoms with van der Waals surface area (Å²) in [6.07, 6.45) is 4.96. The molecule has 2 aliphatic rings. The molecule has 2 aliphatic heterocycles. The van der Waals surface area contributed by atoms with Crippen molar-refractivity contribution in [2.45, 2.75) is 44.7 Å². The summed E-state index contributed by atoms with van der Waals surface area (Å²) in [5.41, 5.74) is 0. The van der Waals surface area contributed by atoms with Crippen LogP contribution in [0.3, 0.4) is 0 Å². The zero-order chi connectivity index (χ0) is 15.2. The van der Waals surface area contributed by atoms with Gasteiger partial charge in [0, 0.05) is 32.2 Å². The first kappa shape index (κ1) is 16.7. The van der Waals surface area contributed by atoms with Gasteiger partial charge in [0.1, 0.15) is 0 Å². The molecule has 0 aromatic rings. The third kappa shape index (κ3) is 5.24. The molecule has 0 radical (unpaired) electrons. The molecular weight excluding hydrogens is 264 g/mol. The van der Waals surface area contributed by atoms with Crippen molar-refractivity contribution in [3.05, 3.63) is 0 Å². The van der Waals surface area contributed by atoms with Gasteiger partial charge < -0.3 is 15.5 Å². The maximum atomic E-state index is 11.4. The number of likely N-dealkylation sites (N-methyl/N-ethyl adjacent to an activating group) is 1. The summed E-state index contributed by atoms with van der Waals surface area (Å²) >= 11 is 0. The van der Waals surface area contributed by atoms with Gasteiger partial charge in [-0.1, -0.05) is 0 Å². The molecule has 2 N–H and O–H groups in total. The van der Waals surface area contributed by atoms with E-state index < -0.39 is 0 Å². The van der Waals surface area contributed by atoms with E-state index in [0.29, 0.717) is 18.6 Å². The number of nitrogens with one attached hydrogen (secondary N) is 2. The molecule has 2 saturated heterocycles. The average Bonchev–Trinajstić information content (AvgIpc) is 2.49. The van der Waals surface area contributed by atoms with Gasteiger partial charge in [0.25, 0.3) is 0 Å². The molecule has 0 saturated carbocycles. The van der Waals surface area contributed by atoms with Crippen LogP contribution in [0.25, 0.3) is 0 Å². The Morgan fingerprint density at radius 2 is 1.76 bits per heavy atom. The fraction of sp³-hybridized carbons (Fsp3) is 0.938. The number of carbonyl (C=O) groups excluding carboxylic acids is 1. The molecule has 1 amide bonds. The van der Waals surface area contributed by atoms with E-state index in [9.17, 15) is 4.79 Å². The summed E-state index contributed by atoms with van der Waals surface area (Å²) in [7, 11) is 3.93. The number of carbonyl (C=O) groups is 1. The van der Waals surface area contributed by atoms with Crippen LogP contribution in [0.1, 0.15) is 32.6 Å². The highest BCUT2D eigenvalue weighted by atomic mass is 16.1. The Balaban J connectivity index is 1.67. The Hall–Kier alpha value is -0.650. The summed E-state index contributed by atoms with van der Waals surface area (Å²) in [5, 5.41) is 6.55. The first-order chi connectivity index (χ1) is 10.1. The smallest absolute Gasteiger partial charge is 0.233 e. The van der Waals surface area contributed by atoms with Crippen LogP contribution < -0.4 is 10.6 Å². The molecule has 0 spiro atoms. The van der Waals surface area contributed by atoms with E-state index in [2.05, 4.69) is 34.4 Å². The number of piperidine rings is 2. The van der Waals surface area contributed by atoms with Crippen molar-refractivity contribution in [1.29, 1.82) is 0 Å². The molecule has 21 heavy (non-hydrogen) atoms. The van der Waals surface area contributed by atoms with Crippen molar-refractivity contribution in [2.24, 2.45) is 5.92 Å². The lowest BCUT2D eigenvalue weighted by atomic mass is 9.89. The van der Waals surface area contributed by atoms with Crippen LogP contribution in [0.5, 0.6) is 0 Å². The minimum atomic E-state index is 0.126. The predicted molar refractivity (Wildman–Crippen MR) is 86.3 cm³/mol. The molecule has 2 rings (SSSR count). The number of likely N-dealkylation sites (tertiary alicyclic amines) is 2. The molecule has 5 nitrogen and oxygen atoms in total. The Labute approximate surface area is 129 Å². The lowest BCUT2D eigenvalue weighted by molar-refractivity contribution is -0.122. The first-order valence-corrected chi connectivity index (χ1v) is 8.46. The van der Waals surface area contributed by atoms with E-state index in [1.54, 1.807) is 7.05 Å². The lowest BCUT2D eigenvalue weighted by Crippen LogP contribution is -2.50. The summed E-state index contributed by atoms with van der Waals surface area (Å²) < 4.78 is 0. The van der Waals surface area contributed by atoms with Gasteiger partial charge in [0.2, 0.25) is 5.91 Å². The molecule has 0 aliphatic carbocycles. The van der Waals surface area contributed by atoms with Crippen molar-refractivity contribution in [3.63, 3.8) is 0 Å². The van der Waals surface area contributed by atoms with Crippen LogP contribution in [0.2, 0.25) is 0 Å². The number of rotatable bonds is 5. The highest BCUT2D eigenvalue weighted by Crippen LogP contribution is 2.21. The van der Waals surface area contributed by atoms with Crippen molar-refractivity contribution in [2.75, 3.05) is 46.8 Å². The maximum Gasteiger partial charge on any atom is 0.233 e. The van der Waals surface area contributed by atoms with Gasteiger partial charge in [-0.25, -0.2) is 0 Å². The highest BCUT2D eigenvalue weighted by molar-refractivity contribution is 5.77. The van der Waals surface area contributed by atoms with Gasteiger partial charge in [-0.3, -0.25) is 9.69 Å². The average molecular weight is 296 g/mol. The number of hydrogen-bond donors (Lipinski definition) is 2. The predicted octanol–water partition coefficient (Wildman–Crippen LogP) is 0.517. The van der Waals surface area contributed by atoms with Crippen molar-refractivity contribution in [1.82, 2.24) is 20.4 Å². The van der Waals surface area contributed by atoms with E-state index in [1.165, 1.54) is 25.9 Å². The Morgan fingerprint density at radius 1 is 1.14 bits per heavy atom. The number of nitrogens with zero attached hydrogens (tertiary/aromatic N) is 2. The van der Waals surface area contributed by atoms with Crippen LogP contribution in [0.4, 0.5) is 0 Å². The Bertz CT molecular complexity index is 320. The van der Waals surface area contributed by atoms with Gasteiger partial charge >= 0.3 is 0 Å². The molecule has 2 heterocycles. The zero-order valence-electron chi connectivity index (χ0n) is 13.9. The van der Waals surface area contributed by atoms with E-state index in [4.69, 9.17) is 0 Å². The van der Waals surface area contributed by atoms with Crippen molar-refractivity contribution in [3.8, 4) is 0 Å². The van der Waals surface area contributed by atoms with Gasteiger partial charge in [0.05, 0.1) is 6.54 Å². The van der Waals surface area contributed by atoms with Gasteiger partial charge in [0.15, 0.2) is 0 Å². The first-order valence-electron chi connectivity index (χ1n) is 8.46. The van der Waals surface area contributed by atoms with Crippen LogP contribution in [0.15, 0.2) is 0 Å². The molecule has 1 unspecified atom stereocenters. The second-order valence-corrected chi connectivity index (χ2v) is 6.82. The monoisotopic (exact) mass is 296 g/mol. The van der Waals surface area contributed by atoms with E-state index in [0.717, 1.165) is 31.8 Å². The summed E-state index contributed by atoms with van der Waals surface area (Å²) in [5.74, 6) is 0.950. The summed E-state index contributed by atoms with van der Waals surface area (Å²) in [4.78, 5) is 16.1. The normalized spacial score (nSPS) is 24.9. The van der Waals surface area contributed by atoms with Crippen LogP contribution in [-0.2, 0) is 4.79 Å². The summed E-state index contributed by atoms with van der Waals surface area (Å²) in [6.45, 7) is 7.44. The minimum Gasteiger partial charge on any atom is -0.358 e. The Morgan fingerprint density at radius 3 is 2.33 bits per heavy atom. The van der Waals surface area contributed by atoms with Crippen LogP contribution in [0, 0.1) is 5.92 Å². The number of hydrogen-bond acceptors (Lipinski definition) is 4. The van der Waals surface area contributed by atoms with Gasteiger partial charge in [-0.15, -0.1) is 0 Å². The second kappa shape index (κ2) is 8.11. The van der Waals surface area contributed by atoms with Gasteiger partial charge in [-0.2, -0.15) is 0 Å². The third-order valence-electron chi connectivity index (χ3n) is 5.20. The maximum absolute atomic E-state index is 11.4. The van der Waals surface area contributed by atoms with Gasteiger partial charge in [-0.05, 0) is 58.7 Å². The standard InChI is InChI=1S/C16H32N4O/c1-13(14-4-8-19(3)9-5-14)18-15-6-10-20(11-7-15)12-16(21)17-2/h13-15,18H,4-12H2,1-3H3,(H,17,21). The third-order valence-corrected chi connectivity index (χ3v) is 5.20. The largest absolute Gasteiger partial charge is 0.358 e. The fourth-order valence-electron chi connectivity index (χ4n) is 3.58. The van der Waals surface area contributed by atoms with Crippen molar-refractivity contribution < 1.29 is 4.79 Å². The van der Waals surface area contributed by atoms with Crippen LogP contribution >= 0.6 is 0 Å². The molecule has 0 aromatic heterocycles. The summed E-state index contributed by atoms with van der Waals surface area (Å²) in [6, 6.07) is 1.25. The van der Waals surface area contributed by atoms with Crippen molar-refractivity contribution >= 4 is 5.91 Å². The van der Waals surface area contributed by atoms with E-state index in [1.807, 2.05) is 0 Å². The molecular formula is C16H32N4O. The second-order valence-electron chi connectivity index (χ2n) is 6.82. The fourth-order valence-corrected chi connectivity index (χ4v) is 3.58. The molecule has 2 fully saturated rings. The quantitative estimate of drug-likeness (QED) is 0.776. The minimum absolute atomic E-state index is 0.126.